The molecule has 0 fully saturated rings. The smallest absolute Gasteiger partial charge is 0.158 e. The van der Waals surface area contributed by atoms with Crippen molar-refractivity contribution in [2.75, 3.05) is 11.1 Å². The predicted molar refractivity (Wildman–Crippen MR) is 96.8 cm³/mol. The molecule has 0 bridgehead atoms. The molecule has 23 heavy (non-hydrogen) atoms. The van der Waals surface area contributed by atoms with Crippen LogP contribution in [0.3, 0.4) is 0 Å². The van der Waals surface area contributed by atoms with Crippen LogP contribution in [0, 0.1) is 0 Å². The first-order valence-electron chi connectivity index (χ1n) is 6.69. The number of nitrogens with zero attached hydrogens (tertiary/aromatic N) is 2. The van der Waals surface area contributed by atoms with Crippen LogP contribution in [0.15, 0.2) is 64.8 Å². The van der Waals surface area contributed by atoms with Crippen LogP contribution in [0.4, 0.5) is 17.2 Å². The average Bonchev–Trinajstić information content (AvgIpc) is 2.56. The van der Waals surface area contributed by atoms with Gasteiger partial charge >= 0.3 is 0 Å². The molecule has 1 aromatic heterocycles. The molecule has 1 heterocycles. The van der Waals surface area contributed by atoms with E-state index in [1.54, 1.807) is 18.2 Å². The minimum absolute atomic E-state index is 0.421. The topological polar surface area (TPSA) is 63.8 Å². The second-order valence-corrected chi connectivity index (χ2v) is 6.43. The summed E-state index contributed by atoms with van der Waals surface area (Å²) in [6.45, 7) is 0. The molecule has 2 aromatic carbocycles. The third-order valence-corrected chi connectivity index (χ3v) is 4.86. The number of aromatic nitrogens is 2. The van der Waals surface area contributed by atoms with Crippen LogP contribution in [0.1, 0.15) is 0 Å². The summed E-state index contributed by atoms with van der Waals surface area (Å²) in [7, 11) is 0. The van der Waals surface area contributed by atoms with Gasteiger partial charge in [-0.05, 0) is 24.3 Å². The van der Waals surface area contributed by atoms with Gasteiger partial charge in [-0.3, -0.25) is 0 Å². The number of halogens is 2. The van der Waals surface area contributed by atoms with Crippen LogP contribution in [0.25, 0.3) is 0 Å². The molecule has 3 rings (SSSR count). The van der Waals surface area contributed by atoms with Crippen LogP contribution in [-0.4, -0.2) is 9.97 Å². The largest absolute Gasteiger partial charge is 0.394 e. The van der Waals surface area contributed by atoms with E-state index in [9.17, 15) is 0 Å². The first-order chi connectivity index (χ1) is 11.1. The fourth-order valence-corrected chi connectivity index (χ4v) is 3.06. The van der Waals surface area contributed by atoms with Gasteiger partial charge in [0.2, 0.25) is 0 Å². The molecule has 0 aliphatic rings. The normalized spacial score (nSPS) is 10.5. The Kier molecular flexibility index (Phi) is 4.91. The third-order valence-electron chi connectivity index (χ3n) is 3.01. The summed E-state index contributed by atoms with van der Waals surface area (Å²) in [6, 6.07) is 15.2. The summed E-state index contributed by atoms with van der Waals surface area (Å²) in [5.74, 6) is 0.489. The molecule has 0 atom stereocenters. The van der Waals surface area contributed by atoms with Gasteiger partial charge in [-0.15, -0.1) is 0 Å². The lowest BCUT2D eigenvalue weighted by molar-refractivity contribution is 1.06. The molecule has 116 valence electrons. The Morgan fingerprint density at radius 2 is 1.74 bits per heavy atom. The Morgan fingerprint density at radius 1 is 0.957 bits per heavy atom. The van der Waals surface area contributed by atoms with Gasteiger partial charge in [0.15, 0.2) is 5.82 Å². The fourth-order valence-electron chi connectivity index (χ4n) is 1.89. The Morgan fingerprint density at radius 3 is 2.52 bits per heavy atom. The van der Waals surface area contributed by atoms with E-state index in [0.717, 1.165) is 4.90 Å². The van der Waals surface area contributed by atoms with E-state index in [-0.39, 0.29) is 0 Å². The lowest BCUT2D eigenvalue weighted by Gasteiger charge is -2.12. The molecule has 0 radical (unpaired) electrons. The van der Waals surface area contributed by atoms with Gasteiger partial charge in [0.05, 0.1) is 15.7 Å². The van der Waals surface area contributed by atoms with Crippen molar-refractivity contribution in [1.82, 2.24) is 9.97 Å². The number of nitrogen functional groups attached to an aromatic ring is 1. The van der Waals surface area contributed by atoms with Crippen molar-refractivity contribution in [3.63, 3.8) is 0 Å². The summed E-state index contributed by atoms with van der Waals surface area (Å²) in [5, 5.41) is 4.66. The molecule has 0 aliphatic carbocycles. The van der Waals surface area contributed by atoms with Crippen molar-refractivity contribution in [1.29, 1.82) is 0 Å². The SMILES string of the molecule is Nc1c(Nc2cccc(Cl)c2Cl)ncnc1Sc1ccccc1. The van der Waals surface area contributed by atoms with Crippen LogP contribution in [0.5, 0.6) is 0 Å². The molecular weight excluding hydrogens is 351 g/mol. The molecule has 0 amide bonds. The fraction of sp³-hybridized carbons (Fsp3) is 0. The lowest BCUT2D eigenvalue weighted by Crippen LogP contribution is -2.02. The number of benzene rings is 2. The van der Waals surface area contributed by atoms with E-state index in [0.29, 0.717) is 32.3 Å². The molecular formula is C16H12Cl2N4S. The second kappa shape index (κ2) is 7.08. The minimum atomic E-state index is 0.421. The Balaban J connectivity index is 1.89. The molecule has 7 heteroatoms. The summed E-state index contributed by atoms with van der Waals surface area (Å²) >= 11 is 13.7. The van der Waals surface area contributed by atoms with Crippen LogP contribution in [0.2, 0.25) is 10.0 Å². The highest BCUT2D eigenvalue weighted by atomic mass is 35.5. The maximum Gasteiger partial charge on any atom is 0.158 e. The number of nitrogens with one attached hydrogen (secondary N) is 1. The minimum Gasteiger partial charge on any atom is -0.394 e. The van der Waals surface area contributed by atoms with Crippen molar-refractivity contribution in [3.05, 3.63) is 64.9 Å². The summed E-state index contributed by atoms with van der Waals surface area (Å²) in [5.41, 5.74) is 7.28. The first-order valence-corrected chi connectivity index (χ1v) is 8.27. The summed E-state index contributed by atoms with van der Waals surface area (Å²) in [6.07, 6.45) is 1.46. The second-order valence-electron chi connectivity index (χ2n) is 4.58. The van der Waals surface area contributed by atoms with E-state index in [1.165, 1.54) is 18.1 Å². The zero-order chi connectivity index (χ0) is 16.2. The Bertz CT molecular complexity index is 828. The van der Waals surface area contributed by atoms with Crippen molar-refractivity contribution >= 4 is 52.2 Å². The van der Waals surface area contributed by atoms with E-state index in [4.69, 9.17) is 28.9 Å². The average molecular weight is 363 g/mol. The monoisotopic (exact) mass is 362 g/mol. The number of rotatable bonds is 4. The first kappa shape index (κ1) is 15.9. The van der Waals surface area contributed by atoms with Crippen LogP contribution in [-0.2, 0) is 0 Å². The van der Waals surface area contributed by atoms with Crippen LogP contribution < -0.4 is 11.1 Å². The summed E-state index contributed by atoms with van der Waals surface area (Å²) < 4.78 is 0. The standard InChI is InChI=1S/C16H12Cl2N4S/c17-11-7-4-8-12(13(11)18)22-15-14(19)16(21-9-20-15)23-10-5-2-1-3-6-10/h1-9H,19H2,(H,20,21,22). The number of anilines is 3. The number of hydrogen-bond acceptors (Lipinski definition) is 5. The molecule has 0 saturated heterocycles. The maximum absolute atomic E-state index is 6.18. The highest BCUT2D eigenvalue weighted by Gasteiger charge is 2.12. The van der Waals surface area contributed by atoms with Gasteiger partial charge in [-0.25, -0.2) is 9.97 Å². The van der Waals surface area contributed by atoms with Gasteiger partial charge in [0.1, 0.15) is 17.0 Å². The molecule has 3 N–H and O–H groups in total. The maximum atomic E-state index is 6.18. The summed E-state index contributed by atoms with van der Waals surface area (Å²) in [4.78, 5) is 9.47. The van der Waals surface area contributed by atoms with Crippen molar-refractivity contribution in [2.45, 2.75) is 9.92 Å². The molecule has 0 aliphatic heterocycles. The predicted octanol–water partition coefficient (Wildman–Crippen LogP) is 5.26. The van der Waals surface area contributed by atoms with Gasteiger partial charge < -0.3 is 11.1 Å². The highest BCUT2D eigenvalue weighted by molar-refractivity contribution is 7.99. The zero-order valence-electron chi connectivity index (χ0n) is 11.8. The van der Waals surface area contributed by atoms with E-state index in [1.807, 2.05) is 30.3 Å². The molecule has 0 saturated carbocycles. The van der Waals surface area contributed by atoms with Gasteiger partial charge in [0, 0.05) is 4.90 Å². The third kappa shape index (κ3) is 3.69. The highest BCUT2D eigenvalue weighted by Crippen LogP contribution is 2.36. The van der Waals surface area contributed by atoms with E-state index < -0.39 is 0 Å². The number of hydrogen-bond donors (Lipinski definition) is 2. The quantitative estimate of drug-likeness (QED) is 0.619. The molecule has 4 nitrogen and oxygen atoms in total. The Labute approximate surface area is 148 Å². The van der Waals surface area contributed by atoms with Gasteiger partial charge in [0.25, 0.3) is 0 Å². The van der Waals surface area contributed by atoms with Gasteiger partial charge in [-0.2, -0.15) is 0 Å². The van der Waals surface area contributed by atoms with Crippen molar-refractivity contribution in [3.8, 4) is 0 Å². The van der Waals surface area contributed by atoms with E-state index >= 15 is 0 Å². The van der Waals surface area contributed by atoms with Crippen molar-refractivity contribution in [2.24, 2.45) is 0 Å². The lowest BCUT2D eigenvalue weighted by atomic mass is 10.3. The van der Waals surface area contributed by atoms with E-state index in [2.05, 4.69) is 15.3 Å². The molecule has 0 spiro atoms. The molecule has 0 unspecified atom stereocenters. The molecule has 3 aromatic rings. The Hall–Kier alpha value is -1.95. The zero-order valence-corrected chi connectivity index (χ0v) is 14.2. The number of nitrogens with two attached hydrogens (primary N) is 1. The van der Waals surface area contributed by atoms with Gasteiger partial charge in [-0.1, -0.05) is 59.2 Å². The van der Waals surface area contributed by atoms with Crippen LogP contribution >= 0.6 is 35.0 Å². The van der Waals surface area contributed by atoms with Crippen molar-refractivity contribution < 1.29 is 0 Å².